The highest BCUT2D eigenvalue weighted by Crippen LogP contribution is 2.39. The first-order valence-corrected chi connectivity index (χ1v) is 8.83. The molecule has 1 aliphatic carbocycles. The number of rotatable bonds is 3. The molecule has 2 amide bonds. The molecule has 4 nitrogen and oxygen atoms in total. The number of amides is 2. The molecule has 0 bridgehead atoms. The van der Waals surface area contributed by atoms with Crippen LogP contribution in [0, 0.1) is 2.88 Å². The molecule has 20 heavy (non-hydrogen) atoms. The van der Waals surface area contributed by atoms with Crippen LogP contribution in [0.25, 0.3) is 0 Å². The zero-order valence-electron chi connectivity index (χ0n) is 10.4. The van der Waals surface area contributed by atoms with Crippen molar-refractivity contribution in [3.05, 3.63) is 35.9 Å². The number of nitrogens with two attached hydrogens (primary N) is 1. The van der Waals surface area contributed by atoms with Crippen molar-refractivity contribution >= 4 is 62.1 Å². The monoisotopic (exact) mass is 418 g/mol. The first kappa shape index (κ1) is 14.0. The van der Waals surface area contributed by atoms with E-state index in [0.717, 1.165) is 27.7 Å². The highest BCUT2D eigenvalue weighted by Gasteiger charge is 2.26. The standard InChI is InChI=1S/C13H11IN2O2S2/c14-9-4-6(5-19-9)12(18)16-13-10(11(15)17)7-2-1-3-8(7)20-13/h4-5H,1-3H2,(H2,15,17)(H,16,18). The van der Waals surface area contributed by atoms with E-state index >= 15 is 0 Å². The van der Waals surface area contributed by atoms with Gasteiger partial charge in [0.2, 0.25) is 0 Å². The first-order valence-electron chi connectivity index (χ1n) is 6.06. The second-order valence-electron chi connectivity index (χ2n) is 4.52. The lowest BCUT2D eigenvalue weighted by Gasteiger charge is -2.04. The Labute approximate surface area is 137 Å². The number of hydrogen-bond acceptors (Lipinski definition) is 4. The van der Waals surface area contributed by atoms with Crippen LogP contribution in [0.2, 0.25) is 0 Å². The van der Waals surface area contributed by atoms with Gasteiger partial charge in [-0.1, -0.05) is 0 Å². The van der Waals surface area contributed by atoms with Crippen LogP contribution in [-0.4, -0.2) is 11.8 Å². The molecule has 0 radical (unpaired) electrons. The van der Waals surface area contributed by atoms with Crippen LogP contribution in [0.4, 0.5) is 5.00 Å². The third-order valence-electron chi connectivity index (χ3n) is 3.22. The molecule has 3 N–H and O–H groups in total. The summed E-state index contributed by atoms with van der Waals surface area (Å²) in [6.45, 7) is 0. The summed E-state index contributed by atoms with van der Waals surface area (Å²) in [7, 11) is 0. The minimum atomic E-state index is -0.459. The summed E-state index contributed by atoms with van der Waals surface area (Å²) in [6, 6.07) is 1.83. The van der Waals surface area contributed by atoms with Crippen molar-refractivity contribution in [1.29, 1.82) is 0 Å². The first-order chi connectivity index (χ1) is 9.56. The quantitative estimate of drug-likeness (QED) is 0.752. The van der Waals surface area contributed by atoms with Crippen molar-refractivity contribution in [2.45, 2.75) is 19.3 Å². The molecule has 0 atom stereocenters. The van der Waals surface area contributed by atoms with Crippen LogP contribution >= 0.6 is 45.3 Å². The van der Waals surface area contributed by atoms with Gasteiger partial charge in [-0.2, -0.15) is 0 Å². The number of aryl methyl sites for hydroxylation is 1. The van der Waals surface area contributed by atoms with E-state index in [1.165, 1.54) is 27.6 Å². The van der Waals surface area contributed by atoms with Crippen LogP contribution < -0.4 is 11.1 Å². The summed E-state index contributed by atoms with van der Waals surface area (Å²) in [5.41, 5.74) is 7.61. The van der Waals surface area contributed by atoms with Crippen molar-refractivity contribution < 1.29 is 9.59 Å². The normalized spacial score (nSPS) is 13.2. The van der Waals surface area contributed by atoms with Crippen LogP contribution in [0.3, 0.4) is 0 Å². The average Bonchev–Trinajstić information content (AvgIpc) is 3.03. The maximum atomic E-state index is 12.2. The van der Waals surface area contributed by atoms with Gasteiger partial charge in [-0.05, 0) is 53.5 Å². The highest BCUT2D eigenvalue weighted by atomic mass is 127. The molecule has 2 aromatic heterocycles. The van der Waals surface area contributed by atoms with Crippen molar-refractivity contribution in [2.24, 2.45) is 5.73 Å². The molecule has 1 aliphatic rings. The van der Waals surface area contributed by atoms with Gasteiger partial charge in [-0.25, -0.2) is 0 Å². The predicted octanol–water partition coefficient (Wildman–Crippen LogP) is 3.25. The highest BCUT2D eigenvalue weighted by molar-refractivity contribution is 14.1. The SMILES string of the molecule is NC(=O)c1c(NC(=O)c2csc(I)c2)sc2c1CCC2. The molecule has 0 saturated carbocycles. The number of nitrogens with one attached hydrogen (secondary N) is 1. The summed E-state index contributed by atoms with van der Waals surface area (Å²) in [5.74, 6) is -0.647. The van der Waals surface area contributed by atoms with Crippen molar-refractivity contribution in [3.63, 3.8) is 0 Å². The fourth-order valence-electron chi connectivity index (χ4n) is 2.36. The summed E-state index contributed by atoms with van der Waals surface area (Å²) in [6.07, 6.45) is 2.89. The number of anilines is 1. The number of primary amides is 1. The van der Waals surface area contributed by atoms with Crippen LogP contribution in [0.5, 0.6) is 0 Å². The molecule has 7 heteroatoms. The zero-order chi connectivity index (χ0) is 14.3. The van der Waals surface area contributed by atoms with Crippen LogP contribution in [0.15, 0.2) is 11.4 Å². The Morgan fingerprint density at radius 1 is 1.35 bits per heavy atom. The Morgan fingerprint density at radius 2 is 2.15 bits per heavy atom. The molecule has 0 aliphatic heterocycles. The molecule has 2 heterocycles. The third kappa shape index (κ3) is 2.49. The van der Waals surface area contributed by atoms with E-state index in [0.29, 0.717) is 16.1 Å². The fourth-order valence-corrected chi connectivity index (χ4v) is 4.97. The molecule has 3 rings (SSSR count). The summed E-state index contributed by atoms with van der Waals surface area (Å²) in [5, 5.41) is 5.23. The van der Waals surface area contributed by atoms with Crippen molar-refractivity contribution in [1.82, 2.24) is 0 Å². The Bertz CT molecular complexity index is 705. The molecule has 0 aromatic carbocycles. The van der Waals surface area contributed by atoms with Gasteiger partial charge in [-0.15, -0.1) is 22.7 Å². The van der Waals surface area contributed by atoms with Crippen LogP contribution in [-0.2, 0) is 12.8 Å². The number of carbonyl (C=O) groups is 2. The van der Waals surface area contributed by atoms with Gasteiger partial charge in [0.25, 0.3) is 11.8 Å². The van der Waals surface area contributed by atoms with Crippen LogP contribution in [0.1, 0.15) is 37.6 Å². The lowest BCUT2D eigenvalue weighted by molar-refractivity contribution is 0.100. The van der Waals surface area contributed by atoms with Gasteiger partial charge < -0.3 is 11.1 Å². The average molecular weight is 418 g/mol. The van der Waals surface area contributed by atoms with Crippen molar-refractivity contribution in [2.75, 3.05) is 5.32 Å². The van der Waals surface area contributed by atoms with Gasteiger partial charge in [0, 0.05) is 10.3 Å². The second kappa shape index (κ2) is 5.45. The Balaban J connectivity index is 1.91. The molecule has 0 spiro atoms. The maximum Gasteiger partial charge on any atom is 0.257 e. The number of carbonyl (C=O) groups excluding carboxylic acids is 2. The van der Waals surface area contributed by atoms with E-state index < -0.39 is 5.91 Å². The maximum absolute atomic E-state index is 12.2. The Kier molecular flexibility index (Phi) is 3.83. The van der Waals surface area contributed by atoms with E-state index in [-0.39, 0.29) is 5.91 Å². The lowest BCUT2D eigenvalue weighted by atomic mass is 10.1. The molecule has 0 unspecified atom stereocenters. The Hall–Kier alpha value is -0.930. The second-order valence-corrected chi connectivity index (χ2v) is 8.43. The molecule has 104 valence electrons. The lowest BCUT2D eigenvalue weighted by Crippen LogP contribution is -2.17. The van der Waals surface area contributed by atoms with E-state index in [1.807, 2.05) is 11.4 Å². The number of thiophene rings is 2. The van der Waals surface area contributed by atoms with E-state index in [2.05, 4.69) is 27.9 Å². The number of fused-ring (bicyclic) bond motifs is 1. The summed E-state index contributed by atoms with van der Waals surface area (Å²) in [4.78, 5) is 25.0. The van der Waals surface area contributed by atoms with Gasteiger partial charge in [0.05, 0.1) is 14.0 Å². The topological polar surface area (TPSA) is 72.2 Å². The van der Waals surface area contributed by atoms with Crippen molar-refractivity contribution in [3.8, 4) is 0 Å². The fraction of sp³-hybridized carbons (Fsp3) is 0.231. The molecule has 0 saturated heterocycles. The molecular weight excluding hydrogens is 407 g/mol. The molecule has 2 aromatic rings. The Morgan fingerprint density at radius 3 is 2.80 bits per heavy atom. The minimum Gasteiger partial charge on any atom is -0.365 e. The predicted molar refractivity (Wildman–Crippen MR) is 89.9 cm³/mol. The molecular formula is C13H11IN2O2S2. The van der Waals surface area contributed by atoms with E-state index in [1.54, 1.807) is 0 Å². The minimum absolute atomic E-state index is 0.188. The number of halogens is 1. The van der Waals surface area contributed by atoms with Gasteiger partial charge >= 0.3 is 0 Å². The molecule has 0 fully saturated rings. The van der Waals surface area contributed by atoms with Gasteiger partial charge in [0.1, 0.15) is 5.00 Å². The zero-order valence-corrected chi connectivity index (χ0v) is 14.2. The third-order valence-corrected chi connectivity index (χ3v) is 6.22. The summed E-state index contributed by atoms with van der Waals surface area (Å²) >= 11 is 5.16. The largest absolute Gasteiger partial charge is 0.365 e. The smallest absolute Gasteiger partial charge is 0.257 e. The number of hydrogen-bond donors (Lipinski definition) is 2. The van der Waals surface area contributed by atoms with Gasteiger partial charge in [0.15, 0.2) is 0 Å². The summed E-state index contributed by atoms with van der Waals surface area (Å²) < 4.78 is 1.05. The van der Waals surface area contributed by atoms with E-state index in [4.69, 9.17) is 5.73 Å². The van der Waals surface area contributed by atoms with E-state index in [9.17, 15) is 9.59 Å². The van der Waals surface area contributed by atoms with Gasteiger partial charge in [-0.3, -0.25) is 9.59 Å².